The zero-order valence-electron chi connectivity index (χ0n) is 7.23. The van der Waals surface area contributed by atoms with Crippen LogP contribution in [0.1, 0.15) is 13.3 Å². The fraction of sp³-hybridized carbons (Fsp3) is 0.300. The van der Waals surface area contributed by atoms with Gasteiger partial charge in [-0.25, -0.2) is 0 Å². The number of amides is 1. The molecule has 64 valence electrons. The number of anilines is 1. The molecule has 2 nitrogen and oxygen atoms in total. The third-order valence-corrected chi connectivity index (χ3v) is 1.68. The van der Waals surface area contributed by atoms with Gasteiger partial charge in [0.2, 0.25) is 6.41 Å². The Morgan fingerprint density at radius 3 is 2.50 bits per heavy atom. The van der Waals surface area contributed by atoms with Crippen molar-refractivity contribution in [2.75, 3.05) is 11.4 Å². The Labute approximate surface area is 72.8 Å². The van der Waals surface area contributed by atoms with Crippen molar-refractivity contribution in [1.29, 1.82) is 0 Å². The van der Waals surface area contributed by atoms with Crippen LogP contribution >= 0.6 is 0 Å². The van der Waals surface area contributed by atoms with Gasteiger partial charge in [-0.1, -0.05) is 25.1 Å². The molecule has 0 aliphatic carbocycles. The molecule has 1 aromatic carbocycles. The number of para-hydroxylation sites is 1. The van der Waals surface area contributed by atoms with Crippen molar-refractivity contribution in [3.05, 3.63) is 30.3 Å². The fourth-order valence-electron chi connectivity index (χ4n) is 1.10. The van der Waals surface area contributed by atoms with Gasteiger partial charge >= 0.3 is 0 Å². The number of rotatable bonds is 4. The van der Waals surface area contributed by atoms with Crippen LogP contribution in [0.4, 0.5) is 5.69 Å². The second-order valence-electron chi connectivity index (χ2n) is 2.63. The van der Waals surface area contributed by atoms with Gasteiger partial charge in [0, 0.05) is 12.2 Å². The van der Waals surface area contributed by atoms with Crippen LogP contribution in [0, 0.1) is 0 Å². The van der Waals surface area contributed by atoms with Gasteiger partial charge in [-0.2, -0.15) is 0 Å². The summed E-state index contributed by atoms with van der Waals surface area (Å²) in [5.41, 5.74) is 0.967. The molecule has 0 fully saturated rings. The van der Waals surface area contributed by atoms with E-state index in [1.54, 1.807) is 4.90 Å². The van der Waals surface area contributed by atoms with Crippen molar-refractivity contribution in [2.24, 2.45) is 0 Å². The SMILES string of the molecule is CCCN(C=O)c1ccccc1. The Morgan fingerprint density at radius 2 is 2.00 bits per heavy atom. The van der Waals surface area contributed by atoms with E-state index in [0.29, 0.717) is 0 Å². The maximum absolute atomic E-state index is 10.6. The molecule has 2 heteroatoms. The fourth-order valence-corrected chi connectivity index (χ4v) is 1.10. The number of carbonyl (C=O) groups excluding carboxylic acids is 1. The van der Waals surface area contributed by atoms with E-state index in [1.807, 2.05) is 30.3 Å². The van der Waals surface area contributed by atoms with E-state index in [-0.39, 0.29) is 0 Å². The van der Waals surface area contributed by atoms with Gasteiger partial charge in [0.1, 0.15) is 0 Å². The minimum atomic E-state index is 0.785. The summed E-state index contributed by atoms with van der Waals surface area (Å²) in [4.78, 5) is 12.3. The van der Waals surface area contributed by atoms with E-state index in [0.717, 1.165) is 25.1 Å². The number of benzene rings is 1. The second kappa shape index (κ2) is 4.54. The zero-order valence-corrected chi connectivity index (χ0v) is 7.23. The summed E-state index contributed by atoms with van der Waals surface area (Å²) in [5, 5.41) is 0. The third-order valence-electron chi connectivity index (χ3n) is 1.68. The lowest BCUT2D eigenvalue weighted by atomic mass is 10.3. The highest BCUT2D eigenvalue weighted by Gasteiger charge is 2.00. The Balaban J connectivity index is 2.73. The van der Waals surface area contributed by atoms with Crippen LogP contribution < -0.4 is 4.90 Å². The Bertz CT molecular complexity index is 233. The van der Waals surface area contributed by atoms with Gasteiger partial charge < -0.3 is 4.90 Å². The molecular formula is C10H13NO. The first-order chi connectivity index (χ1) is 5.88. The number of hydrogen-bond acceptors (Lipinski definition) is 1. The molecule has 0 atom stereocenters. The van der Waals surface area contributed by atoms with Crippen LogP contribution in [-0.4, -0.2) is 13.0 Å². The van der Waals surface area contributed by atoms with E-state index in [4.69, 9.17) is 0 Å². The summed E-state index contributed by atoms with van der Waals surface area (Å²) in [7, 11) is 0. The maximum atomic E-state index is 10.6. The van der Waals surface area contributed by atoms with Gasteiger partial charge in [-0.3, -0.25) is 4.79 Å². The first-order valence-corrected chi connectivity index (χ1v) is 4.15. The first kappa shape index (κ1) is 8.78. The molecule has 0 bridgehead atoms. The lowest BCUT2D eigenvalue weighted by molar-refractivity contribution is -0.107. The molecule has 0 aliphatic rings. The molecule has 0 aromatic heterocycles. The van der Waals surface area contributed by atoms with Gasteiger partial charge in [-0.15, -0.1) is 0 Å². The molecule has 0 heterocycles. The smallest absolute Gasteiger partial charge is 0.214 e. The van der Waals surface area contributed by atoms with Crippen LogP contribution in [0.5, 0.6) is 0 Å². The van der Waals surface area contributed by atoms with Gasteiger partial charge in [0.15, 0.2) is 0 Å². The summed E-state index contributed by atoms with van der Waals surface area (Å²) in [6.45, 7) is 2.84. The molecule has 0 saturated heterocycles. The molecular weight excluding hydrogens is 150 g/mol. The standard InChI is InChI=1S/C10H13NO/c1-2-8-11(9-12)10-6-4-3-5-7-10/h3-7,9H,2,8H2,1H3. The van der Waals surface area contributed by atoms with Gasteiger partial charge in [-0.05, 0) is 18.6 Å². The van der Waals surface area contributed by atoms with E-state index >= 15 is 0 Å². The lowest BCUT2D eigenvalue weighted by Crippen LogP contribution is -2.21. The highest BCUT2D eigenvalue weighted by molar-refractivity contribution is 5.74. The molecule has 1 rings (SSSR count). The van der Waals surface area contributed by atoms with Crippen molar-refractivity contribution < 1.29 is 4.79 Å². The van der Waals surface area contributed by atoms with Crippen LogP contribution in [0.25, 0.3) is 0 Å². The van der Waals surface area contributed by atoms with Crippen LogP contribution in [0.3, 0.4) is 0 Å². The predicted molar refractivity (Wildman–Crippen MR) is 50.1 cm³/mol. The number of nitrogens with zero attached hydrogens (tertiary/aromatic N) is 1. The predicted octanol–water partition coefficient (Wildman–Crippen LogP) is 2.06. The maximum Gasteiger partial charge on any atom is 0.214 e. The van der Waals surface area contributed by atoms with Crippen molar-refractivity contribution in [3.8, 4) is 0 Å². The lowest BCUT2D eigenvalue weighted by Gasteiger charge is -2.15. The average Bonchev–Trinajstić information content (AvgIpc) is 2.15. The minimum absolute atomic E-state index is 0.785. The number of carbonyl (C=O) groups is 1. The molecule has 12 heavy (non-hydrogen) atoms. The summed E-state index contributed by atoms with van der Waals surface area (Å²) in [6, 6.07) is 9.68. The van der Waals surface area contributed by atoms with E-state index in [2.05, 4.69) is 6.92 Å². The van der Waals surface area contributed by atoms with Crippen molar-refractivity contribution in [1.82, 2.24) is 0 Å². The normalized spacial score (nSPS) is 9.42. The largest absolute Gasteiger partial charge is 0.315 e. The van der Waals surface area contributed by atoms with Crippen LogP contribution in [-0.2, 0) is 4.79 Å². The van der Waals surface area contributed by atoms with Crippen LogP contribution in [0.2, 0.25) is 0 Å². The molecule has 0 spiro atoms. The summed E-state index contributed by atoms with van der Waals surface area (Å²) in [6.07, 6.45) is 1.85. The molecule has 1 amide bonds. The molecule has 1 aromatic rings. The zero-order chi connectivity index (χ0) is 8.81. The molecule has 0 saturated carbocycles. The van der Waals surface area contributed by atoms with E-state index < -0.39 is 0 Å². The van der Waals surface area contributed by atoms with Crippen molar-refractivity contribution in [2.45, 2.75) is 13.3 Å². The molecule has 0 radical (unpaired) electrons. The molecule has 0 aliphatic heterocycles. The van der Waals surface area contributed by atoms with Crippen molar-refractivity contribution >= 4 is 12.1 Å². The Hall–Kier alpha value is -1.31. The monoisotopic (exact) mass is 163 g/mol. The number of hydrogen-bond donors (Lipinski definition) is 0. The highest BCUT2D eigenvalue weighted by atomic mass is 16.1. The van der Waals surface area contributed by atoms with E-state index in [9.17, 15) is 4.79 Å². The topological polar surface area (TPSA) is 20.3 Å². The third kappa shape index (κ3) is 2.09. The minimum Gasteiger partial charge on any atom is -0.315 e. The summed E-state index contributed by atoms with van der Waals surface area (Å²) >= 11 is 0. The van der Waals surface area contributed by atoms with Gasteiger partial charge in [0.25, 0.3) is 0 Å². The summed E-state index contributed by atoms with van der Waals surface area (Å²) < 4.78 is 0. The van der Waals surface area contributed by atoms with Crippen molar-refractivity contribution in [3.63, 3.8) is 0 Å². The average molecular weight is 163 g/mol. The second-order valence-corrected chi connectivity index (χ2v) is 2.63. The van der Waals surface area contributed by atoms with E-state index in [1.165, 1.54) is 0 Å². The van der Waals surface area contributed by atoms with Gasteiger partial charge in [0.05, 0.1) is 0 Å². The summed E-state index contributed by atoms with van der Waals surface area (Å²) in [5.74, 6) is 0. The Kier molecular flexibility index (Phi) is 3.33. The quantitative estimate of drug-likeness (QED) is 0.622. The Morgan fingerprint density at radius 1 is 1.33 bits per heavy atom. The first-order valence-electron chi connectivity index (χ1n) is 4.15. The molecule has 0 N–H and O–H groups in total. The highest BCUT2D eigenvalue weighted by Crippen LogP contribution is 2.10. The molecule has 0 unspecified atom stereocenters. The van der Waals surface area contributed by atoms with Crippen LogP contribution in [0.15, 0.2) is 30.3 Å².